The fourth-order valence-electron chi connectivity index (χ4n) is 2.64. The predicted molar refractivity (Wildman–Crippen MR) is 79.7 cm³/mol. The summed E-state index contributed by atoms with van der Waals surface area (Å²) in [6.45, 7) is 1.82. The van der Waals surface area contributed by atoms with Gasteiger partial charge in [0, 0.05) is 19.6 Å². The quantitative estimate of drug-likeness (QED) is 0.834. The number of rotatable bonds is 2. The molecule has 0 spiro atoms. The molecule has 1 aliphatic heterocycles. The molecule has 134 valence electrons. The molecular formula is C15H15F4N5O. The number of nitrogens with one attached hydrogen (secondary N) is 1. The topological polar surface area (TPSA) is 63.1 Å². The van der Waals surface area contributed by atoms with E-state index in [9.17, 15) is 22.4 Å². The Bertz CT molecular complexity index is 748. The summed E-state index contributed by atoms with van der Waals surface area (Å²) in [5.41, 5.74) is -2.04. The molecule has 1 aromatic carbocycles. The molecule has 2 heterocycles. The summed E-state index contributed by atoms with van der Waals surface area (Å²) in [4.78, 5) is 13.9. The maximum absolute atomic E-state index is 13.6. The Morgan fingerprint density at radius 3 is 2.52 bits per heavy atom. The average molecular weight is 357 g/mol. The van der Waals surface area contributed by atoms with Crippen molar-refractivity contribution in [3.8, 4) is 5.69 Å². The van der Waals surface area contributed by atoms with E-state index in [0.29, 0.717) is 37.3 Å². The SMILES string of the molecule is O=C(c1nnn(-c2ccc(F)cc2)c1C(F)(F)F)N1CCCNCC1. The molecule has 1 fully saturated rings. The van der Waals surface area contributed by atoms with Crippen molar-refractivity contribution in [1.82, 2.24) is 25.2 Å². The van der Waals surface area contributed by atoms with Crippen LogP contribution in [0.15, 0.2) is 24.3 Å². The Balaban J connectivity index is 2.02. The van der Waals surface area contributed by atoms with Gasteiger partial charge in [-0.15, -0.1) is 5.10 Å². The normalized spacial score (nSPS) is 15.9. The van der Waals surface area contributed by atoms with Gasteiger partial charge in [0.15, 0.2) is 11.4 Å². The summed E-state index contributed by atoms with van der Waals surface area (Å²) in [5.74, 6) is -1.41. The summed E-state index contributed by atoms with van der Waals surface area (Å²) in [5, 5.41) is 10.0. The average Bonchev–Trinajstić information content (AvgIpc) is 2.84. The van der Waals surface area contributed by atoms with Crippen LogP contribution in [0.5, 0.6) is 0 Å². The highest BCUT2D eigenvalue weighted by molar-refractivity contribution is 5.93. The van der Waals surface area contributed by atoms with E-state index in [1.165, 1.54) is 4.90 Å². The molecule has 0 saturated carbocycles. The number of aromatic nitrogens is 3. The highest BCUT2D eigenvalue weighted by Crippen LogP contribution is 2.33. The first-order valence-corrected chi connectivity index (χ1v) is 7.67. The first-order chi connectivity index (χ1) is 11.9. The van der Waals surface area contributed by atoms with Crippen LogP contribution >= 0.6 is 0 Å². The molecule has 1 aromatic heterocycles. The van der Waals surface area contributed by atoms with Crippen LogP contribution in [-0.2, 0) is 6.18 Å². The zero-order valence-corrected chi connectivity index (χ0v) is 13.1. The summed E-state index contributed by atoms with van der Waals surface area (Å²) in [6.07, 6.45) is -4.20. The smallest absolute Gasteiger partial charge is 0.336 e. The van der Waals surface area contributed by atoms with Crippen molar-refractivity contribution in [3.05, 3.63) is 41.5 Å². The maximum atomic E-state index is 13.6. The van der Waals surface area contributed by atoms with Crippen LogP contribution in [0.2, 0.25) is 0 Å². The van der Waals surface area contributed by atoms with E-state index in [1.807, 2.05) is 0 Å². The molecule has 25 heavy (non-hydrogen) atoms. The zero-order valence-electron chi connectivity index (χ0n) is 13.1. The summed E-state index contributed by atoms with van der Waals surface area (Å²) >= 11 is 0. The number of hydrogen-bond acceptors (Lipinski definition) is 4. The lowest BCUT2D eigenvalue weighted by Gasteiger charge is -2.19. The number of benzene rings is 1. The molecule has 0 atom stereocenters. The van der Waals surface area contributed by atoms with E-state index in [-0.39, 0.29) is 5.69 Å². The molecule has 0 unspecified atom stereocenters. The molecule has 0 radical (unpaired) electrons. The van der Waals surface area contributed by atoms with Gasteiger partial charge in [0.1, 0.15) is 5.82 Å². The Hall–Kier alpha value is -2.49. The number of nitrogens with zero attached hydrogens (tertiary/aromatic N) is 4. The van der Waals surface area contributed by atoms with Gasteiger partial charge in [0.2, 0.25) is 0 Å². The number of carbonyl (C=O) groups is 1. The first-order valence-electron chi connectivity index (χ1n) is 7.67. The predicted octanol–water partition coefficient (Wildman–Crippen LogP) is 1.86. The van der Waals surface area contributed by atoms with E-state index < -0.39 is 29.3 Å². The monoisotopic (exact) mass is 357 g/mol. The number of carbonyl (C=O) groups excluding carboxylic acids is 1. The second kappa shape index (κ2) is 6.79. The van der Waals surface area contributed by atoms with E-state index >= 15 is 0 Å². The highest BCUT2D eigenvalue weighted by Gasteiger charge is 2.42. The van der Waals surface area contributed by atoms with Crippen LogP contribution in [0.1, 0.15) is 22.6 Å². The van der Waals surface area contributed by atoms with Gasteiger partial charge in [-0.1, -0.05) is 5.21 Å². The first kappa shape index (κ1) is 17.3. The van der Waals surface area contributed by atoms with Gasteiger partial charge in [-0.2, -0.15) is 13.2 Å². The minimum absolute atomic E-state index is 0.0298. The van der Waals surface area contributed by atoms with Crippen LogP contribution in [0.3, 0.4) is 0 Å². The maximum Gasteiger partial charge on any atom is 0.435 e. The third-order valence-corrected chi connectivity index (χ3v) is 3.84. The van der Waals surface area contributed by atoms with Crippen molar-refractivity contribution in [2.45, 2.75) is 12.6 Å². The molecule has 2 aromatic rings. The van der Waals surface area contributed by atoms with Gasteiger partial charge in [-0.25, -0.2) is 9.07 Å². The third-order valence-electron chi connectivity index (χ3n) is 3.84. The van der Waals surface area contributed by atoms with Crippen molar-refractivity contribution >= 4 is 5.91 Å². The van der Waals surface area contributed by atoms with Gasteiger partial charge in [-0.05, 0) is 37.2 Å². The zero-order chi connectivity index (χ0) is 18.0. The lowest BCUT2D eigenvalue weighted by molar-refractivity contribution is -0.143. The van der Waals surface area contributed by atoms with Crippen molar-refractivity contribution in [3.63, 3.8) is 0 Å². The third kappa shape index (κ3) is 3.63. The minimum atomic E-state index is -4.84. The van der Waals surface area contributed by atoms with Crippen LogP contribution in [-0.4, -0.2) is 52.0 Å². The molecule has 1 aliphatic rings. The van der Waals surface area contributed by atoms with Crippen LogP contribution < -0.4 is 5.32 Å². The molecule has 0 aliphatic carbocycles. The van der Waals surface area contributed by atoms with Crippen molar-refractivity contribution < 1.29 is 22.4 Å². The van der Waals surface area contributed by atoms with E-state index in [1.54, 1.807) is 0 Å². The van der Waals surface area contributed by atoms with Gasteiger partial charge >= 0.3 is 6.18 Å². The Morgan fingerprint density at radius 1 is 1.12 bits per heavy atom. The van der Waals surface area contributed by atoms with Crippen molar-refractivity contribution in [1.29, 1.82) is 0 Å². The van der Waals surface area contributed by atoms with Crippen LogP contribution in [0, 0.1) is 5.82 Å². The number of hydrogen-bond donors (Lipinski definition) is 1. The molecular weight excluding hydrogens is 342 g/mol. The number of amides is 1. The Kier molecular flexibility index (Phi) is 4.71. The van der Waals surface area contributed by atoms with Gasteiger partial charge in [-0.3, -0.25) is 4.79 Å². The van der Waals surface area contributed by atoms with Crippen molar-refractivity contribution in [2.75, 3.05) is 26.2 Å². The fourth-order valence-corrected chi connectivity index (χ4v) is 2.64. The van der Waals surface area contributed by atoms with E-state index in [0.717, 1.165) is 24.3 Å². The van der Waals surface area contributed by atoms with E-state index in [2.05, 4.69) is 15.6 Å². The van der Waals surface area contributed by atoms with E-state index in [4.69, 9.17) is 0 Å². The van der Waals surface area contributed by atoms with Gasteiger partial charge in [0.25, 0.3) is 5.91 Å². The lowest BCUT2D eigenvalue weighted by atomic mass is 10.2. The molecule has 0 bridgehead atoms. The number of halogens is 4. The lowest BCUT2D eigenvalue weighted by Crippen LogP contribution is -2.35. The molecule has 1 saturated heterocycles. The largest absolute Gasteiger partial charge is 0.435 e. The molecule has 3 rings (SSSR count). The van der Waals surface area contributed by atoms with Crippen LogP contribution in [0.25, 0.3) is 5.69 Å². The standard InChI is InChI=1S/C15H15F4N5O/c16-10-2-4-11(5-3-10)24-13(15(17,18)19)12(21-22-24)14(25)23-8-1-6-20-7-9-23/h2-5,20H,1,6-9H2. The molecule has 1 N–H and O–H groups in total. The fraction of sp³-hybridized carbons (Fsp3) is 0.400. The molecule has 6 nitrogen and oxygen atoms in total. The highest BCUT2D eigenvalue weighted by atomic mass is 19.4. The van der Waals surface area contributed by atoms with Crippen LogP contribution in [0.4, 0.5) is 17.6 Å². The Labute approximate surface area is 140 Å². The van der Waals surface area contributed by atoms with Crippen molar-refractivity contribution in [2.24, 2.45) is 0 Å². The minimum Gasteiger partial charge on any atom is -0.336 e. The second-order valence-electron chi connectivity index (χ2n) is 5.57. The molecule has 1 amide bonds. The summed E-state index contributed by atoms with van der Waals surface area (Å²) in [6, 6.07) is 4.31. The number of alkyl halides is 3. The van der Waals surface area contributed by atoms with Gasteiger partial charge in [0.05, 0.1) is 5.69 Å². The summed E-state index contributed by atoms with van der Waals surface area (Å²) < 4.78 is 54.2. The Morgan fingerprint density at radius 2 is 1.84 bits per heavy atom. The summed E-state index contributed by atoms with van der Waals surface area (Å²) in [7, 11) is 0. The second-order valence-corrected chi connectivity index (χ2v) is 5.57. The van der Waals surface area contributed by atoms with Gasteiger partial charge < -0.3 is 10.2 Å². The molecule has 10 heteroatoms.